The monoisotopic (exact) mass is 662 g/mol. The summed E-state index contributed by atoms with van der Waals surface area (Å²) in [6, 6.07) is 7.22. The van der Waals surface area contributed by atoms with Crippen LogP contribution in [0.15, 0.2) is 29.1 Å². The summed E-state index contributed by atoms with van der Waals surface area (Å²) < 4.78 is 49.2. The van der Waals surface area contributed by atoms with Gasteiger partial charge in [0.2, 0.25) is 0 Å². The molecule has 0 saturated heterocycles. The smallest absolute Gasteiger partial charge is 0.305 e. The van der Waals surface area contributed by atoms with Crippen LogP contribution in [0.5, 0.6) is 17.2 Å². The molecular formula is C33H46N2O12. The topological polar surface area (TPSA) is 166 Å². The maximum atomic E-state index is 12.9. The lowest BCUT2D eigenvalue weighted by Gasteiger charge is -2.15. The molecule has 1 aromatic heterocycles. The molecule has 14 heteroatoms. The van der Waals surface area contributed by atoms with E-state index in [1.54, 1.807) is 19.2 Å². The van der Waals surface area contributed by atoms with Gasteiger partial charge >= 0.3 is 5.97 Å². The fraction of sp³-hybridized carbons (Fsp3) is 0.545. The molecule has 47 heavy (non-hydrogen) atoms. The molecule has 260 valence electrons. The normalized spacial score (nSPS) is 11.2. The van der Waals surface area contributed by atoms with Crippen molar-refractivity contribution in [2.75, 3.05) is 100 Å². The minimum Gasteiger partial charge on any atom is -0.497 e. The highest BCUT2D eigenvalue weighted by Gasteiger charge is 2.15. The number of aromatic amines is 1. The van der Waals surface area contributed by atoms with Gasteiger partial charge in [0.1, 0.15) is 35.1 Å². The Labute approximate surface area is 274 Å². The molecule has 0 radical (unpaired) electrons. The van der Waals surface area contributed by atoms with E-state index in [9.17, 15) is 9.59 Å². The van der Waals surface area contributed by atoms with Crippen molar-refractivity contribution < 1.29 is 52.5 Å². The third-order valence-corrected chi connectivity index (χ3v) is 6.73. The first-order valence-electron chi connectivity index (χ1n) is 15.4. The van der Waals surface area contributed by atoms with Crippen LogP contribution in [0.3, 0.4) is 0 Å². The van der Waals surface area contributed by atoms with Crippen molar-refractivity contribution in [2.45, 2.75) is 20.3 Å². The Hall–Kier alpha value is -3.79. The van der Waals surface area contributed by atoms with E-state index >= 15 is 0 Å². The molecule has 2 aromatic carbocycles. The highest BCUT2D eigenvalue weighted by molar-refractivity contribution is 5.87. The first kappa shape index (κ1) is 37.7. The minimum atomic E-state index is -0.881. The largest absolute Gasteiger partial charge is 0.497 e. The van der Waals surface area contributed by atoms with Crippen molar-refractivity contribution >= 4 is 16.9 Å². The Morgan fingerprint density at radius 2 is 1.19 bits per heavy atom. The number of nitrogens with one attached hydrogen (secondary N) is 1. The quantitative estimate of drug-likeness (QED) is 0.127. The third kappa shape index (κ3) is 13.1. The SMILES string of the molecule is COc1cc(OC)c2c(=O)[nH]c(-c3cc(C)c(OCCOCCOCCOCCOCCOCCOCCC(=O)O)c(C)c3)nc2c1. The van der Waals surface area contributed by atoms with Gasteiger partial charge in [0.25, 0.3) is 5.56 Å². The molecular weight excluding hydrogens is 616 g/mol. The number of aromatic nitrogens is 2. The summed E-state index contributed by atoms with van der Waals surface area (Å²) in [4.78, 5) is 30.8. The highest BCUT2D eigenvalue weighted by Crippen LogP contribution is 2.31. The van der Waals surface area contributed by atoms with Crippen molar-refractivity contribution in [1.82, 2.24) is 9.97 Å². The second kappa shape index (κ2) is 21.2. The number of ether oxygens (including phenoxy) is 9. The molecule has 3 rings (SSSR count). The molecule has 0 aliphatic rings. The van der Waals surface area contributed by atoms with E-state index in [4.69, 9.17) is 47.7 Å². The van der Waals surface area contributed by atoms with Gasteiger partial charge in [0, 0.05) is 17.7 Å². The second-order valence-corrected chi connectivity index (χ2v) is 10.2. The van der Waals surface area contributed by atoms with E-state index in [2.05, 4.69) is 9.97 Å². The van der Waals surface area contributed by atoms with Crippen LogP contribution in [-0.4, -0.2) is 121 Å². The van der Waals surface area contributed by atoms with Crippen LogP contribution in [0.2, 0.25) is 0 Å². The van der Waals surface area contributed by atoms with Gasteiger partial charge in [-0.1, -0.05) is 0 Å². The Morgan fingerprint density at radius 3 is 1.66 bits per heavy atom. The van der Waals surface area contributed by atoms with Gasteiger partial charge < -0.3 is 52.7 Å². The third-order valence-electron chi connectivity index (χ3n) is 6.73. The van der Waals surface area contributed by atoms with Gasteiger partial charge in [0.15, 0.2) is 0 Å². The molecule has 0 fully saturated rings. The van der Waals surface area contributed by atoms with Crippen LogP contribution in [0.4, 0.5) is 0 Å². The molecule has 14 nitrogen and oxygen atoms in total. The summed E-state index contributed by atoms with van der Waals surface area (Å²) in [6.45, 7) is 9.17. The van der Waals surface area contributed by atoms with Crippen molar-refractivity contribution in [3.63, 3.8) is 0 Å². The zero-order valence-electron chi connectivity index (χ0n) is 27.6. The predicted molar refractivity (Wildman–Crippen MR) is 173 cm³/mol. The summed E-state index contributed by atoms with van der Waals surface area (Å²) in [6.07, 6.45) is -0.0109. The fourth-order valence-corrected chi connectivity index (χ4v) is 4.50. The average Bonchev–Trinajstić information content (AvgIpc) is 3.05. The number of methoxy groups -OCH3 is 2. The number of nitrogens with zero attached hydrogens (tertiary/aromatic N) is 1. The van der Waals surface area contributed by atoms with Crippen molar-refractivity contribution in [1.29, 1.82) is 0 Å². The Morgan fingerprint density at radius 1 is 0.702 bits per heavy atom. The maximum Gasteiger partial charge on any atom is 0.305 e. The number of hydrogen-bond acceptors (Lipinski definition) is 12. The summed E-state index contributed by atoms with van der Waals surface area (Å²) in [7, 11) is 3.05. The molecule has 2 N–H and O–H groups in total. The number of benzene rings is 2. The second-order valence-electron chi connectivity index (χ2n) is 10.2. The van der Waals surface area contributed by atoms with Crippen LogP contribution in [0.1, 0.15) is 17.5 Å². The van der Waals surface area contributed by atoms with Crippen LogP contribution < -0.4 is 19.8 Å². The molecule has 1 heterocycles. The van der Waals surface area contributed by atoms with Gasteiger partial charge in [-0.05, 0) is 37.1 Å². The Balaban J connectivity index is 1.25. The number of aryl methyl sites for hydroxylation is 2. The first-order valence-corrected chi connectivity index (χ1v) is 15.4. The lowest BCUT2D eigenvalue weighted by Crippen LogP contribution is -2.15. The zero-order valence-corrected chi connectivity index (χ0v) is 27.6. The minimum absolute atomic E-state index is 0.0109. The molecule has 0 aliphatic carbocycles. The predicted octanol–water partition coefficient (Wildman–Crippen LogP) is 3.18. The number of aliphatic carboxylic acids is 1. The molecule has 0 atom stereocenters. The number of fused-ring (bicyclic) bond motifs is 1. The van der Waals surface area contributed by atoms with Crippen molar-refractivity contribution in [2.24, 2.45) is 0 Å². The van der Waals surface area contributed by atoms with Crippen LogP contribution >= 0.6 is 0 Å². The summed E-state index contributed by atoms with van der Waals surface area (Å²) in [5.41, 5.74) is 2.76. The van der Waals surface area contributed by atoms with Gasteiger partial charge in [-0.25, -0.2) is 4.98 Å². The van der Waals surface area contributed by atoms with Gasteiger partial charge in [0.05, 0.1) is 105 Å². The summed E-state index contributed by atoms with van der Waals surface area (Å²) in [5, 5.41) is 8.87. The molecule has 0 amide bonds. The lowest BCUT2D eigenvalue weighted by molar-refractivity contribution is -0.138. The Kier molecular flexibility index (Phi) is 17.0. The standard InChI is InChI=1S/C33H46N2O12/c1-23-19-25(32-34-27-21-26(39-3)22-28(40-4)30(27)33(38)35-32)20-24(2)31(23)47-18-17-46-16-15-45-14-13-44-12-11-43-10-9-42-8-7-41-6-5-29(36)37/h19-22H,5-18H2,1-4H3,(H,36,37)(H,34,35,38). The lowest BCUT2D eigenvalue weighted by atomic mass is 10.0. The number of carboxylic acids is 1. The zero-order chi connectivity index (χ0) is 33.9. The van der Waals surface area contributed by atoms with E-state index in [-0.39, 0.29) is 18.6 Å². The molecule has 0 aliphatic heterocycles. The number of carbonyl (C=O) groups is 1. The summed E-state index contributed by atoms with van der Waals surface area (Å²) >= 11 is 0. The molecule has 0 unspecified atom stereocenters. The van der Waals surface area contributed by atoms with Gasteiger partial charge in [-0.3, -0.25) is 9.59 Å². The number of rotatable bonds is 25. The Bertz CT molecular complexity index is 1420. The van der Waals surface area contributed by atoms with Crippen LogP contribution in [-0.2, 0) is 33.2 Å². The van der Waals surface area contributed by atoms with Gasteiger partial charge in [-0.2, -0.15) is 0 Å². The van der Waals surface area contributed by atoms with E-state index in [1.807, 2.05) is 26.0 Å². The van der Waals surface area contributed by atoms with Crippen molar-refractivity contribution in [3.8, 4) is 28.6 Å². The average molecular weight is 663 g/mol. The number of H-pyrrole nitrogens is 1. The highest BCUT2D eigenvalue weighted by atomic mass is 16.6. The molecule has 0 saturated carbocycles. The molecule has 0 bridgehead atoms. The maximum absolute atomic E-state index is 12.9. The van der Waals surface area contributed by atoms with Crippen LogP contribution in [0.25, 0.3) is 22.3 Å². The van der Waals surface area contributed by atoms with Crippen LogP contribution in [0, 0.1) is 13.8 Å². The fourth-order valence-electron chi connectivity index (χ4n) is 4.50. The number of carboxylic acid groups (broad SMARTS) is 1. The molecule has 3 aromatic rings. The van der Waals surface area contributed by atoms with E-state index in [1.165, 1.54) is 7.11 Å². The van der Waals surface area contributed by atoms with Gasteiger partial charge in [-0.15, -0.1) is 0 Å². The first-order chi connectivity index (χ1) is 22.8. The van der Waals surface area contributed by atoms with E-state index in [0.29, 0.717) is 108 Å². The van der Waals surface area contributed by atoms with E-state index < -0.39 is 5.97 Å². The van der Waals surface area contributed by atoms with Crippen molar-refractivity contribution in [3.05, 3.63) is 45.7 Å². The summed E-state index contributed by atoms with van der Waals surface area (Å²) in [5.74, 6) is 1.26. The van der Waals surface area contributed by atoms with E-state index in [0.717, 1.165) is 22.4 Å². The molecule has 0 spiro atoms. The number of hydrogen-bond donors (Lipinski definition) is 2.